The lowest BCUT2D eigenvalue weighted by atomic mass is 10.0. The fourth-order valence-corrected chi connectivity index (χ4v) is 3.45. The fourth-order valence-electron chi connectivity index (χ4n) is 3.45. The summed E-state index contributed by atoms with van der Waals surface area (Å²) in [5.74, 6) is -2.10. The molecule has 2 heterocycles. The second-order valence-electron chi connectivity index (χ2n) is 7.55. The van der Waals surface area contributed by atoms with E-state index >= 15 is 0 Å². The molecule has 1 aromatic heterocycles. The summed E-state index contributed by atoms with van der Waals surface area (Å²) in [5.41, 5.74) is -0.492. The highest BCUT2D eigenvalue weighted by atomic mass is 19.4. The number of fused-ring (bicyclic) bond motifs is 1. The van der Waals surface area contributed by atoms with Crippen molar-refractivity contribution in [2.45, 2.75) is 31.7 Å². The van der Waals surface area contributed by atoms with E-state index in [4.69, 9.17) is 9.25 Å². The standard InChI is InChI=1S/C22H18F5N3O4/c1-2-21(32,22(25,26)27)20-28-11-30(34-20)29-10-13-7-18-16(8-17(13)24)15(9-19(31)33-18)12-3-5-14(23)6-4-12/h3-9,29,32H,2,10-11H2,1H3/t21-/m0/s1. The maximum Gasteiger partial charge on any atom is 0.426 e. The van der Waals surface area contributed by atoms with E-state index in [0.717, 1.165) is 18.2 Å². The van der Waals surface area contributed by atoms with Gasteiger partial charge in [-0.05, 0) is 41.8 Å². The van der Waals surface area contributed by atoms with Crippen molar-refractivity contribution in [3.63, 3.8) is 0 Å². The molecule has 0 unspecified atom stereocenters. The van der Waals surface area contributed by atoms with Gasteiger partial charge in [0.25, 0.3) is 5.90 Å². The zero-order chi connectivity index (χ0) is 24.7. The Morgan fingerprint density at radius 3 is 2.50 bits per heavy atom. The summed E-state index contributed by atoms with van der Waals surface area (Å²) < 4.78 is 72.8. The zero-order valence-electron chi connectivity index (χ0n) is 17.6. The lowest BCUT2D eigenvalue weighted by molar-refractivity contribution is -0.243. The number of aliphatic imine (C=N–C) groups is 1. The second kappa shape index (κ2) is 8.78. The first-order valence-corrected chi connectivity index (χ1v) is 10.1. The van der Waals surface area contributed by atoms with Crippen LogP contribution in [0.2, 0.25) is 0 Å². The van der Waals surface area contributed by atoms with Crippen LogP contribution < -0.4 is 11.1 Å². The summed E-state index contributed by atoms with van der Waals surface area (Å²) in [7, 11) is 0. The Bertz CT molecular complexity index is 1310. The lowest BCUT2D eigenvalue weighted by Crippen LogP contribution is -2.53. The molecule has 1 aliphatic rings. The Morgan fingerprint density at radius 1 is 1.15 bits per heavy atom. The van der Waals surface area contributed by atoms with Gasteiger partial charge in [-0.2, -0.15) is 13.2 Å². The fraction of sp³-hybridized carbons (Fsp3) is 0.273. The third-order valence-corrected chi connectivity index (χ3v) is 5.39. The van der Waals surface area contributed by atoms with Gasteiger partial charge >= 0.3 is 11.8 Å². The monoisotopic (exact) mass is 483 g/mol. The third kappa shape index (κ3) is 4.39. The van der Waals surface area contributed by atoms with Crippen LogP contribution in [0.1, 0.15) is 18.9 Å². The molecular weight excluding hydrogens is 465 g/mol. The Labute approximate surface area is 189 Å². The predicted octanol–water partition coefficient (Wildman–Crippen LogP) is 4.05. The normalized spacial score (nSPS) is 16.4. The SMILES string of the molecule is CC[C@](O)(C1=NCN(NCc2cc3oc(=O)cc(-c4ccc(F)cc4)c3cc2F)O1)C(F)(F)F. The van der Waals surface area contributed by atoms with E-state index in [1.54, 1.807) is 0 Å². The largest absolute Gasteiger partial charge is 0.426 e. The smallest absolute Gasteiger partial charge is 0.423 e. The molecule has 2 N–H and O–H groups in total. The highest BCUT2D eigenvalue weighted by Crippen LogP contribution is 2.36. The molecule has 0 saturated heterocycles. The van der Waals surface area contributed by atoms with E-state index in [-0.39, 0.29) is 29.7 Å². The van der Waals surface area contributed by atoms with E-state index < -0.39 is 41.4 Å². The van der Waals surface area contributed by atoms with Crippen LogP contribution in [0.15, 0.2) is 56.7 Å². The molecule has 0 saturated carbocycles. The number of nitrogens with zero attached hydrogens (tertiary/aromatic N) is 2. The van der Waals surface area contributed by atoms with Gasteiger partial charge in [-0.15, -0.1) is 0 Å². The van der Waals surface area contributed by atoms with Crippen LogP contribution in [0.4, 0.5) is 22.0 Å². The number of rotatable bonds is 6. The molecule has 1 atom stereocenters. The number of halogens is 5. The molecule has 180 valence electrons. The highest BCUT2D eigenvalue weighted by Gasteiger charge is 2.59. The zero-order valence-corrected chi connectivity index (χ0v) is 17.6. The first kappa shape index (κ1) is 23.8. The maximum absolute atomic E-state index is 14.8. The summed E-state index contributed by atoms with van der Waals surface area (Å²) in [4.78, 5) is 20.6. The summed E-state index contributed by atoms with van der Waals surface area (Å²) in [6.07, 6.45) is -5.71. The van der Waals surface area contributed by atoms with Gasteiger partial charge in [0.1, 0.15) is 23.9 Å². The molecule has 4 rings (SSSR count). The molecule has 0 spiro atoms. The van der Waals surface area contributed by atoms with Crippen molar-refractivity contribution in [2.75, 3.05) is 6.67 Å². The van der Waals surface area contributed by atoms with Crippen molar-refractivity contribution in [2.24, 2.45) is 4.99 Å². The summed E-state index contributed by atoms with van der Waals surface area (Å²) in [6, 6.07) is 8.86. The minimum atomic E-state index is -5.00. The van der Waals surface area contributed by atoms with E-state index in [1.165, 1.54) is 36.4 Å². The van der Waals surface area contributed by atoms with Crippen LogP contribution in [0, 0.1) is 11.6 Å². The van der Waals surface area contributed by atoms with Gasteiger partial charge in [0.05, 0.1) is 0 Å². The molecule has 3 aromatic rings. The van der Waals surface area contributed by atoms with E-state index in [2.05, 4.69) is 10.4 Å². The van der Waals surface area contributed by atoms with E-state index in [1.807, 2.05) is 0 Å². The minimum absolute atomic E-state index is 0.0190. The van der Waals surface area contributed by atoms with Crippen molar-refractivity contribution < 1.29 is 36.3 Å². The first-order chi connectivity index (χ1) is 16.0. The summed E-state index contributed by atoms with van der Waals surface area (Å²) in [5, 5.41) is 11.0. The Balaban J connectivity index is 1.55. The van der Waals surface area contributed by atoms with Gasteiger partial charge < -0.3 is 14.4 Å². The topological polar surface area (TPSA) is 87.3 Å². The molecule has 12 heteroatoms. The Kier molecular flexibility index (Phi) is 6.14. The third-order valence-electron chi connectivity index (χ3n) is 5.39. The van der Waals surface area contributed by atoms with Crippen LogP contribution in [0.5, 0.6) is 0 Å². The van der Waals surface area contributed by atoms with Crippen LogP contribution >= 0.6 is 0 Å². The van der Waals surface area contributed by atoms with E-state index in [9.17, 15) is 31.9 Å². The van der Waals surface area contributed by atoms with Crippen LogP contribution in [0.3, 0.4) is 0 Å². The van der Waals surface area contributed by atoms with Gasteiger partial charge in [0.15, 0.2) is 0 Å². The molecule has 0 amide bonds. The van der Waals surface area contributed by atoms with Crippen molar-refractivity contribution in [1.82, 2.24) is 10.6 Å². The second-order valence-corrected chi connectivity index (χ2v) is 7.55. The molecule has 1 aliphatic heterocycles. The van der Waals surface area contributed by atoms with Crippen molar-refractivity contribution >= 4 is 16.9 Å². The van der Waals surface area contributed by atoms with Gasteiger partial charge in [0, 0.05) is 23.6 Å². The minimum Gasteiger partial charge on any atom is -0.423 e. The number of hydrogen-bond donors (Lipinski definition) is 2. The molecule has 0 fully saturated rings. The molecule has 0 bridgehead atoms. The number of hydrogen-bond acceptors (Lipinski definition) is 7. The number of benzene rings is 2. The van der Waals surface area contributed by atoms with Gasteiger partial charge in [-0.25, -0.2) is 24.0 Å². The Hall–Kier alpha value is -3.35. The average molecular weight is 483 g/mol. The van der Waals surface area contributed by atoms with Crippen LogP contribution in [-0.2, 0) is 11.4 Å². The predicted molar refractivity (Wildman–Crippen MR) is 111 cm³/mol. The number of nitrogens with one attached hydrogen (secondary N) is 1. The Morgan fingerprint density at radius 2 is 1.85 bits per heavy atom. The highest BCUT2D eigenvalue weighted by molar-refractivity contribution is 5.93. The van der Waals surface area contributed by atoms with Gasteiger partial charge in [-0.1, -0.05) is 24.2 Å². The first-order valence-electron chi connectivity index (χ1n) is 10.1. The number of hydroxylamine groups is 1. The van der Waals surface area contributed by atoms with E-state index in [0.29, 0.717) is 11.1 Å². The molecule has 34 heavy (non-hydrogen) atoms. The number of hydrazine groups is 1. The quantitative estimate of drug-likeness (QED) is 0.407. The molecule has 7 nitrogen and oxygen atoms in total. The maximum atomic E-state index is 14.8. The number of aliphatic hydroxyl groups is 1. The molecule has 2 aromatic carbocycles. The van der Waals surface area contributed by atoms with Crippen molar-refractivity contribution in [1.29, 1.82) is 0 Å². The van der Waals surface area contributed by atoms with Gasteiger partial charge in [0.2, 0.25) is 5.60 Å². The average Bonchev–Trinajstić information content (AvgIpc) is 3.26. The van der Waals surface area contributed by atoms with Crippen molar-refractivity contribution in [3.8, 4) is 11.1 Å². The van der Waals surface area contributed by atoms with Crippen molar-refractivity contribution in [3.05, 3.63) is 70.1 Å². The van der Waals surface area contributed by atoms with Crippen LogP contribution in [-0.4, -0.2) is 34.6 Å². The lowest BCUT2D eigenvalue weighted by Gasteiger charge is -2.28. The summed E-state index contributed by atoms with van der Waals surface area (Å²) in [6.45, 7) is 0.492. The molecular formula is C22H18F5N3O4. The van der Waals surface area contributed by atoms with Crippen LogP contribution in [0.25, 0.3) is 22.1 Å². The number of alkyl halides is 3. The summed E-state index contributed by atoms with van der Waals surface area (Å²) >= 11 is 0. The molecule has 0 aliphatic carbocycles. The molecule has 0 radical (unpaired) electrons. The van der Waals surface area contributed by atoms with Gasteiger partial charge in [-0.3, -0.25) is 0 Å².